The van der Waals surface area contributed by atoms with Gasteiger partial charge in [0, 0.05) is 48.6 Å². The van der Waals surface area contributed by atoms with Crippen LogP contribution in [0.15, 0.2) is 160 Å². The Morgan fingerprint density at radius 2 is 0.849 bits per heavy atom. The summed E-state index contributed by atoms with van der Waals surface area (Å²) in [6.45, 7) is -9.37. The van der Waals surface area contributed by atoms with Gasteiger partial charge in [-0.05, 0) is 126 Å². The van der Waals surface area contributed by atoms with Gasteiger partial charge >= 0.3 is 0 Å². The lowest BCUT2D eigenvalue weighted by atomic mass is 9.99. The number of aromatic nitrogens is 3. The molecule has 3 saturated carbocycles. The first-order chi connectivity index (χ1) is 52.1. The first-order valence-corrected chi connectivity index (χ1v) is 27.0. The number of amides is 3. The van der Waals surface area contributed by atoms with Crippen molar-refractivity contribution < 1.29 is 63.2 Å². The van der Waals surface area contributed by atoms with Crippen molar-refractivity contribution in [2.75, 3.05) is 36.4 Å². The third-order valence-electron chi connectivity index (χ3n) is 14.7. The number of carbonyl (C=O) groups excluding carboxylic acids is 3. The molecule has 6 N–H and O–H groups in total. The van der Waals surface area contributed by atoms with Crippen LogP contribution in [0.3, 0.4) is 0 Å². The van der Waals surface area contributed by atoms with E-state index in [2.05, 4.69) is 26.8 Å². The second-order valence-corrected chi connectivity index (χ2v) is 20.3. The van der Waals surface area contributed by atoms with Crippen molar-refractivity contribution in [3.05, 3.63) is 244 Å². The molecule has 0 spiro atoms. The molecule has 3 atom stereocenters. The van der Waals surface area contributed by atoms with Gasteiger partial charge < -0.3 is 32.2 Å². The summed E-state index contributed by atoms with van der Waals surface area (Å²) < 4.78 is 254. The zero-order valence-corrected chi connectivity index (χ0v) is 46.0. The molecule has 3 fully saturated rings. The van der Waals surface area contributed by atoms with Gasteiger partial charge in [-0.3, -0.25) is 28.8 Å². The van der Waals surface area contributed by atoms with Crippen molar-refractivity contribution in [3.8, 4) is 0 Å². The molecule has 0 radical (unpaired) electrons. The first kappa shape index (κ1) is 35.1. The minimum Gasteiger partial charge on any atom is -0.345 e. The number of halogens is 3. The molecule has 3 heterocycles. The summed E-state index contributed by atoms with van der Waals surface area (Å²) >= 11 is 0. The van der Waals surface area contributed by atoms with Crippen LogP contribution in [0.25, 0.3) is 32.3 Å². The van der Waals surface area contributed by atoms with Crippen molar-refractivity contribution >= 4 is 50.0 Å². The van der Waals surface area contributed by atoms with Gasteiger partial charge in [-0.2, -0.15) is 0 Å². The highest BCUT2D eigenvalue weighted by molar-refractivity contribution is 6.10. The molecule has 0 bridgehead atoms. The fraction of sp³-hybridized carbons (Fsp3) is 0.294. The number of nitrogens with one attached hydrogen (secondary N) is 6. The normalized spacial score (nSPS) is 19.6. The van der Waals surface area contributed by atoms with Gasteiger partial charge in [-0.15, -0.1) is 0 Å². The van der Waals surface area contributed by atoms with E-state index >= 15 is 0 Å². The maximum absolute atomic E-state index is 14.9. The number of fused-ring (bicyclic) bond motifs is 3. The molecular formula is C68H70F3N9O6. The topological polar surface area (TPSA) is 189 Å². The van der Waals surface area contributed by atoms with E-state index in [0.29, 0.717) is 52.6 Å². The van der Waals surface area contributed by atoms with Crippen molar-refractivity contribution in [2.24, 2.45) is 17.8 Å². The van der Waals surface area contributed by atoms with Gasteiger partial charge in [0.15, 0.2) is 0 Å². The van der Waals surface area contributed by atoms with Crippen molar-refractivity contribution in [1.29, 1.82) is 0 Å². The van der Waals surface area contributed by atoms with Gasteiger partial charge in [0.1, 0.15) is 17.5 Å². The lowest BCUT2D eigenvalue weighted by Gasteiger charge is -2.22. The number of pyridine rings is 3. The average molecular weight is 1190 g/mol. The molecule has 86 heavy (non-hydrogen) atoms. The zero-order valence-electron chi connectivity index (χ0n) is 72.0. The van der Waals surface area contributed by atoms with Crippen LogP contribution in [0.2, 0.25) is 0 Å². The molecule has 444 valence electrons. The molecule has 18 heteroatoms. The van der Waals surface area contributed by atoms with E-state index in [4.69, 9.17) is 35.6 Å². The first-order valence-electron chi connectivity index (χ1n) is 40.0. The summed E-state index contributed by atoms with van der Waals surface area (Å²) in [5, 5.41) is 5.87. The van der Waals surface area contributed by atoms with E-state index < -0.39 is 226 Å². The summed E-state index contributed by atoms with van der Waals surface area (Å²) in [6, 6.07) is -0.508. The van der Waals surface area contributed by atoms with Gasteiger partial charge in [0.2, 0.25) is 0 Å². The predicted octanol–water partition coefficient (Wildman–Crippen LogP) is 11.3. The van der Waals surface area contributed by atoms with Crippen LogP contribution < -0.4 is 48.9 Å². The van der Waals surface area contributed by atoms with E-state index in [1.54, 1.807) is 6.92 Å². The van der Waals surface area contributed by atoms with E-state index in [0.717, 1.165) is 18.2 Å². The largest absolute Gasteiger partial charge is 0.345 e. The van der Waals surface area contributed by atoms with Crippen molar-refractivity contribution in [2.45, 2.75) is 91.1 Å². The number of hydrogen-bond donors (Lipinski definition) is 6. The van der Waals surface area contributed by atoms with E-state index in [1.165, 1.54) is 50.4 Å². The third kappa shape index (κ3) is 12.2. The van der Waals surface area contributed by atoms with Crippen LogP contribution in [-0.2, 0) is 0 Å². The molecule has 3 amide bonds. The Hall–Kier alpha value is -9.45. The molecular weight excluding hydrogens is 1100 g/mol. The van der Waals surface area contributed by atoms with Gasteiger partial charge in [-0.25, -0.2) is 27.2 Å². The highest BCUT2D eigenvalue weighted by Gasteiger charge is 2.37. The van der Waals surface area contributed by atoms with Crippen LogP contribution in [0.4, 0.5) is 13.2 Å². The SMILES string of the molecule is [2H]c1c([2H])c([2H])c([C@@H](NC(=O)c2c(C([2H])([2H])[2H])n(NC)c(=O)c3c(F)cccc23)C2CC2)c([2H])c1[2H].[2H]c1c([2H])c([2H])c([C@@H](NC(=O)c2c(C([2H])([2H])[2H])n(NCC)c(=O)c3c(F)cccc23)C2CC2)c([2H])c1[2H].[2H]c1c([2H])c([2H])c([C@@H](NC(=O)c2c(C)n(NC([2H])([2H])C([2H])([2H])[2H])c(=O)c3c(F)cccc23)C2CC2)c([2H])c1[2H]. The molecule has 3 aliphatic rings. The molecule has 15 nitrogen and oxygen atoms in total. The fourth-order valence-corrected chi connectivity index (χ4v) is 10.2. The fourth-order valence-electron chi connectivity index (χ4n) is 10.2. The number of carbonyl (C=O) groups is 3. The Bertz CT molecular complexity index is 5500. The molecule has 0 aliphatic heterocycles. The Labute approximate surface area is 532 Å². The molecule has 9 aromatic rings. The second kappa shape index (κ2) is 25.8. The minimum absolute atomic E-state index is 0.0944. The van der Waals surface area contributed by atoms with Gasteiger partial charge in [0.05, 0.1) is 91.4 Å². The quantitative estimate of drug-likeness (QED) is 0.0515. The van der Waals surface area contributed by atoms with Crippen LogP contribution in [0.5, 0.6) is 0 Å². The highest BCUT2D eigenvalue weighted by Crippen LogP contribution is 2.43. The van der Waals surface area contributed by atoms with Crippen molar-refractivity contribution in [1.82, 2.24) is 30.0 Å². The Balaban J connectivity index is 0.000000178. The average Bonchev–Trinajstić information content (AvgIpc) is 1.47. The summed E-state index contributed by atoms with van der Waals surface area (Å²) in [4.78, 5) is 80.5. The Kier molecular flexibility index (Phi) is 10.5. The van der Waals surface area contributed by atoms with Gasteiger partial charge in [0.25, 0.3) is 34.4 Å². The molecule has 3 aromatic heterocycles. The van der Waals surface area contributed by atoms with Gasteiger partial charge in [-0.1, -0.05) is 127 Å². The van der Waals surface area contributed by atoms with E-state index in [1.807, 2.05) is 5.43 Å². The summed E-state index contributed by atoms with van der Waals surface area (Å²) in [5.74, 6) is -6.53. The lowest BCUT2D eigenvalue weighted by molar-refractivity contribution is 0.0923. The maximum Gasteiger partial charge on any atom is 0.279 e. The Morgan fingerprint density at radius 1 is 0.523 bits per heavy atom. The molecule has 12 rings (SSSR count). The van der Waals surface area contributed by atoms with Crippen LogP contribution >= 0.6 is 0 Å². The van der Waals surface area contributed by atoms with Crippen LogP contribution in [0, 0.1) is 55.8 Å². The second-order valence-electron chi connectivity index (χ2n) is 20.3. The van der Waals surface area contributed by atoms with Crippen molar-refractivity contribution in [3.63, 3.8) is 0 Å². The summed E-state index contributed by atoms with van der Waals surface area (Å²) in [6.07, 6.45) is 3.61. The number of rotatable bonds is 17. The highest BCUT2D eigenvalue weighted by atomic mass is 19.1. The van der Waals surface area contributed by atoms with E-state index in [9.17, 15) is 41.9 Å². The smallest absolute Gasteiger partial charge is 0.279 e. The molecule has 0 unspecified atom stereocenters. The van der Waals surface area contributed by atoms with Crippen LogP contribution in [0.1, 0.15) is 171 Å². The van der Waals surface area contributed by atoms with Crippen LogP contribution in [-0.4, -0.2) is 51.8 Å². The standard InChI is InChI=1S/2C23H24FN3O2.C22H22FN3O2/c2*1-3-25-27-14(2)19(17-10-7-11-18(24)20(17)23(27)29)22(28)26-21(16-12-13-16)15-8-5-4-6-9-15;1-13-18(16-9-6-10-17(23)19(16)22(28)26(13)24-2)21(27)25-20(15-11-12-15)14-7-4-3-5-8-14/h2*4-11,16,21,25H,3,12-13H2,1-2H3,(H,26,28);3-10,15,20,24H,11-12H2,1-2H3,(H,25,27)/t2*21-;20-/m111/s1/i1D3,3D2,4D,5D,6D,8D,9D;2D3,4D,5D,6D,8D,9D;1D3,3D,4D,5D,7D,8D. The minimum atomic E-state index is -3.23. The monoisotopic (exact) mass is 1190 g/mol. The third-order valence-corrected chi connectivity index (χ3v) is 14.7. The number of benzene rings is 6. The molecule has 6 aromatic carbocycles. The molecule has 0 saturated heterocycles. The summed E-state index contributed by atoms with van der Waals surface area (Å²) in [5.41, 5.74) is 0.784. The van der Waals surface area contributed by atoms with E-state index in [-0.39, 0.29) is 68.4 Å². The zero-order chi connectivity index (χ0) is 83.3. The Morgan fingerprint density at radius 3 is 1.16 bits per heavy atom. The lowest BCUT2D eigenvalue weighted by Crippen LogP contribution is -2.36. The predicted molar refractivity (Wildman–Crippen MR) is 332 cm³/mol. The maximum atomic E-state index is 14.9. The molecule has 3 aliphatic carbocycles. The summed E-state index contributed by atoms with van der Waals surface area (Å²) in [7, 11) is 1.25. The number of nitrogens with zero attached hydrogens (tertiary/aromatic N) is 3. The number of hydrogen-bond acceptors (Lipinski definition) is 9.